The maximum atomic E-state index is 10.9. The molecule has 3 rings (SSSR count). The fraction of sp³-hybridized carbons (Fsp3) is 0.955. The van der Waals surface area contributed by atoms with Gasteiger partial charge in [0, 0.05) is 5.92 Å². The molecule has 0 aromatic rings. The molecule has 0 aromatic heterocycles. The highest BCUT2D eigenvalue weighted by atomic mass is 16.1. The minimum atomic E-state index is 0.390. The van der Waals surface area contributed by atoms with Crippen LogP contribution in [0.1, 0.15) is 96.8 Å². The molecule has 0 heterocycles. The topological polar surface area (TPSA) is 17.1 Å². The van der Waals surface area contributed by atoms with E-state index < -0.39 is 0 Å². The molecular formula is C22H38O. The van der Waals surface area contributed by atoms with Gasteiger partial charge in [0.05, 0.1) is 0 Å². The van der Waals surface area contributed by atoms with Crippen LogP contribution in [-0.4, -0.2) is 6.29 Å². The van der Waals surface area contributed by atoms with Crippen molar-refractivity contribution in [2.75, 3.05) is 0 Å². The third-order valence-electron chi connectivity index (χ3n) is 7.75. The maximum Gasteiger partial charge on any atom is 0.123 e. The molecule has 0 radical (unpaired) electrons. The van der Waals surface area contributed by atoms with Crippen LogP contribution in [0.25, 0.3) is 0 Å². The molecule has 0 unspecified atom stereocenters. The standard InChI is InChI=1S/C22H38O/c1-2-3-17-4-8-19(9-5-17)21-12-14-22(15-13-21)20-10-6-18(16-23)7-11-20/h16-22H,2-15H2,1H3/t17?,18-,19?,20-,21-,22-. The van der Waals surface area contributed by atoms with Crippen LogP contribution in [0.4, 0.5) is 0 Å². The maximum absolute atomic E-state index is 10.9. The van der Waals surface area contributed by atoms with Crippen molar-refractivity contribution in [3.8, 4) is 0 Å². The Morgan fingerprint density at radius 1 is 0.652 bits per heavy atom. The van der Waals surface area contributed by atoms with Crippen LogP contribution in [-0.2, 0) is 4.79 Å². The highest BCUT2D eigenvalue weighted by Crippen LogP contribution is 2.46. The van der Waals surface area contributed by atoms with Crippen molar-refractivity contribution in [1.82, 2.24) is 0 Å². The van der Waals surface area contributed by atoms with E-state index >= 15 is 0 Å². The van der Waals surface area contributed by atoms with Crippen LogP contribution in [0.5, 0.6) is 0 Å². The Kier molecular flexibility index (Phi) is 6.60. The molecule has 1 nitrogen and oxygen atoms in total. The fourth-order valence-corrected chi connectivity index (χ4v) is 6.20. The van der Waals surface area contributed by atoms with Crippen LogP contribution in [0, 0.1) is 35.5 Å². The summed E-state index contributed by atoms with van der Waals surface area (Å²) in [6.45, 7) is 2.34. The Bertz CT molecular complexity index is 339. The Balaban J connectivity index is 1.38. The second kappa shape index (κ2) is 8.67. The van der Waals surface area contributed by atoms with Crippen molar-refractivity contribution in [2.45, 2.75) is 96.8 Å². The first-order valence-electron chi connectivity index (χ1n) is 10.8. The summed E-state index contributed by atoms with van der Waals surface area (Å²) < 4.78 is 0. The van der Waals surface area contributed by atoms with E-state index in [4.69, 9.17) is 0 Å². The van der Waals surface area contributed by atoms with E-state index in [2.05, 4.69) is 6.92 Å². The van der Waals surface area contributed by atoms with E-state index in [1.165, 1.54) is 96.2 Å². The van der Waals surface area contributed by atoms with Crippen molar-refractivity contribution >= 4 is 6.29 Å². The largest absolute Gasteiger partial charge is 0.303 e. The van der Waals surface area contributed by atoms with Gasteiger partial charge in [0.2, 0.25) is 0 Å². The summed E-state index contributed by atoms with van der Waals surface area (Å²) >= 11 is 0. The van der Waals surface area contributed by atoms with E-state index in [0.29, 0.717) is 5.92 Å². The van der Waals surface area contributed by atoms with Crippen molar-refractivity contribution in [3.05, 3.63) is 0 Å². The second-order valence-corrected chi connectivity index (χ2v) is 9.06. The summed E-state index contributed by atoms with van der Waals surface area (Å²) in [6.07, 6.45) is 21.2. The van der Waals surface area contributed by atoms with Crippen LogP contribution < -0.4 is 0 Å². The summed E-state index contributed by atoms with van der Waals surface area (Å²) in [5, 5.41) is 0. The first-order valence-corrected chi connectivity index (χ1v) is 10.8. The van der Waals surface area contributed by atoms with Crippen LogP contribution >= 0.6 is 0 Å². The van der Waals surface area contributed by atoms with Gasteiger partial charge in [-0.15, -0.1) is 0 Å². The van der Waals surface area contributed by atoms with E-state index in [1.54, 1.807) is 0 Å². The van der Waals surface area contributed by atoms with Gasteiger partial charge in [0.25, 0.3) is 0 Å². The third kappa shape index (κ3) is 4.60. The van der Waals surface area contributed by atoms with Crippen LogP contribution in [0.15, 0.2) is 0 Å². The predicted octanol–water partition coefficient (Wildman–Crippen LogP) is 6.40. The number of carbonyl (C=O) groups is 1. The first-order chi connectivity index (χ1) is 11.3. The lowest BCUT2D eigenvalue weighted by molar-refractivity contribution is -0.112. The zero-order valence-corrected chi connectivity index (χ0v) is 15.3. The van der Waals surface area contributed by atoms with Crippen molar-refractivity contribution in [1.29, 1.82) is 0 Å². The van der Waals surface area contributed by atoms with Gasteiger partial charge in [0.1, 0.15) is 6.29 Å². The van der Waals surface area contributed by atoms with Gasteiger partial charge in [-0.25, -0.2) is 0 Å². The van der Waals surface area contributed by atoms with Crippen LogP contribution in [0.2, 0.25) is 0 Å². The molecule has 3 aliphatic rings. The lowest BCUT2D eigenvalue weighted by Crippen LogP contribution is -2.30. The van der Waals surface area contributed by atoms with Gasteiger partial charge in [-0.05, 0) is 93.8 Å². The lowest BCUT2D eigenvalue weighted by atomic mass is 9.65. The summed E-state index contributed by atoms with van der Waals surface area (Å²) in [6, 6.07) is 0. The number of rotatable bonds is 5. The molecule has 0 N–H and O–H groups in total. The van der Waals surface area contributed by atoms with E-state index in [0.717, 1.165) is 29.6 Å². The molecule has 0 aliphatic heterocycles. The molecule has 3 aliphatic carbocycles. The number of hydrogen-bond donors (Lipinski definition) is 0. The molecule has 0 aromatic carbocycles. The Morgan fingerprint density at radius 2 is 1.04 bits per heavy atom. The molecule has 1 heteroatoms. The first kappa shape index (κ1) is 17.5. The van der Waals surface area contributed by atoms with E-state index in [1.807, 2.05) is 0 Å². The molecule has 0 bridgehead atoms. The predicted molar refractivity (Wildman–Crippen MR) is 97.3 cm³/mol. The molecule has 0 atom stereocenters. The fourth-order valence-electron chi connectivity index (χ4n) is 6.20. The zero-order chi connectivity index (χ0) is 16.1. The van der Waals surface area contributed by atoms with Crippen molar-refractivity contribution in [3.63, 3.8) is 0 Å². The highest BCUT2D eigenvalue weighted by Gasteiger charge is 2.34. The summed E-state index contributed by atoms with van der Waals surface area (Å²) in [7, 11) is 0. The van der Waals surface area contributed by atoms with Gasteiger partial charge in [-0.1, -0.05) is 32.6 Å². The highest BCUT2D eigenvalue weighted by molar-refractivity contribution is 5.53. The average molecular weight is 319 g/mol. The smallest absolute Gasteiger partial charge is 0.123 e. The Morgan fingerprint density at radius 3 is 1.43 bits per heavy atom. The molecular weight excluding hydrogens is 280 g/mol. The van der Waals surface area contributed by atoms with Gasteiger partial charge < -0.3 is 4.79 Å². The summed E-state index contributed by atoms with van der Waals surface area (Å²) in [5.74, 6) is 5.51. The molecule has 0 amide bonds. The quantitative estimate of drug-likeness (QED) is 0.536. The zero-order valence-electron chi connectivity index (χ0n) is 15.3. The number of aldehydes is 1. The minimum Gasteiger partial charge on any atom is -0.303 e. The van der Waals surface area contributed by atoms with Gasteiger partial charge >= 0.3 is 0 Å². The molecule has 0 saturated heterocycles. The van der Waals surface area contributed by atoms with Gasteiger partial charge in [-0.2, -0.15) is 0 Å². The van der Waals surface area contributed by atoms with Crippen LogP contribution in [0.3, 0.4) is 0 Å². The molecule has 3 saturated carbocycles. The monoisotopic (exact) mass is 318 g/mol. The van der Waals surface area contributed by atoms with Crippen molar-refractivity contribution < 1.29 is 4.79 Å². The van der Waals surface area contributed by atoms with E-state index in [9.17, 15) is 4.79 Å². The number of carbonyl (C=O) groups excluding carboxylic acids is 1. The average Bonchev–Trinajstić information content (AvgIpc) is 2.63. The number of hydrogen-bond acceptors (Lipinski definition) is 1. The summed E-state index contributed by atoms with van der Waals surface area (Å²) in [4.78, 5) is 10.9. The normalized spacial score (nSPS) is 42.3. The van der Waals surface area contributed by atoms with E-state index in [-0.39, 0.29) is 0 Å². The molecule has 23 heavy (non-hydrogen) atoms. The molecule has 0 spiro atoms. The van der Waals surface area contributed by atoms with Crippen molar-refractivity contribution in [2.24, 2.45) is 35.5 Å². The third-order valence-corrected chi connectivity index (χ3v) is 7.75. The SMILES string of the molecule is CCCC1CCC([C@H]2CC[C@H]([C@H]3CC[C@H](C=O)CC3)CC2)CC1. The Labute approximate surface area is 144 Å². The lowest BCUT2D eigenvalue weighted by Gasteiger charge is -2.41. The molecule has 3 fully saturated rings. The Hall–Kier alpha value is -0.330. The minimum absolute atomic E-state index is 0.390. The summed E-state index contributed by atoms with van der Waals surface area (Å²) in [5.41, 5.74) is 0. The van der Waals surface area contributed by atoms with Gasteiger partial charge in [0.15, 0.2) is 0 Å². The molecule has 132 valence electrons. The second-order valence-electron chi connectivity index (χ2n) is 9.06. The van der Waals surface area contributed by atoms with Gasteiger partial charge in [-0.3, -0.25) is 0 Å².